The Labute approximate surface area is 179 Å². The highest BCUT2D eigenvalue weighted by atomic mass is 19.3. The summed E-state index contributed by atoms with van der Waals surface area (Å²) in [6.07, 6.45) is -0.803. The first-order valence-corrected chi connectivity index (χ1v) is 9.64. The second-order valence-corrected chi connectivity index (χ2v) is 6.76. The van der Waals surface area contributed by atoms with Crippen LogP contribution in [0, 0.1) is 6.92 Å². The van der Waals surface area contributed by atoms with Gasteiger partial charge in [0.25, 0.3) is 6.43 Å². The van der Waals surface area contributed by atoms with E-state index >= 15 is 0 Å². The average Bonchev–Trinajstić information content (AvgIpc) is 3.22. The summed E-state index contributed by atoms with van der Waals surface area (Å²) in [5, 5.41) is 12.9. The number of allylic oxidation sites excluding steroid dienone is 2. The number of aliphatic imine (C=N–C) groups is 1. The molecule has 2 aromatic carbocycles. The lowest BCUT2D eigenvalue weighted by Gasteiger charge is -2.10. The normalized spacial score (nSPS) is 12.3. The number of hydrogen-bond acceptors (Lipinski definition) is 5. The number of halogens is 2. The maximum absolute atomic E-state index is 12.7. The zero-order chi connectivity index (χ0) is 22.4. The van der Waals surface area contributed by atoms with E-state index in [1.54, 1.807) is 12.1 Å². The van der Waals surface area contributed by atoms with Gasteiger partial charge in [0.15, 0.2) is 5.76 Å². The molecule has 0 amide bonds. The van der Waals surface area contributed by atoms with Crippen LogP contribution in [-0.2, 0) is 11.3 Å². The summed E-state index contributed by atoms with van der Waals surface area (Å²) in [6, 6.07) is 15.2. The second-order valence-electron chi connectivity index (χ2n) is 6.76. The largest absolute Gasteiger partial charge is 0.438 e. The lowest BCUT2D eigenvalue weighted by molar-refractivity contribution is 0.135. The number of benzene rings is 2. The summed E-state index contributed by atoms with van der Waals surface area (Å²) in [4.78, 5) is 5.43. The van der Waals surface area contributed by atoms with Crippen molar-refractivity contribution in [2.75, 3.05) is 7.05 Å². The zero-order valence-corrected chi connectivity index (χ0v) is 17.6. The molecule has 31 heavy (non-hydrogen) atoms. The Kier molecular flexibility index (Phi) is 7.02. The van der Waals surface area contributed by atoms with Gasteiger partial charge in [0.05, 0.1) is 6.54 Å². The van der Waals surface area contributed by atoms with Crippen molar-refractivity contribution in [3.05, 3.63) is 95.0 Å². The Hall–Kier alpha value is -3.68. The molecule has 0 unspecified atom stereocenters. The number of aryl methyl sites for hydroxylation is 1. The Balaban J connectivity index is 1.74. The number of alkyl halides is 2. The van der Waals surface area contributed by atoms with E-state index < -0.39 is 12.2 Å². The van der Waals surface area contributed by atoms with Crippen LogP contribution in [0.1, 0.15) is 35.0 Å². The van der Waals surface area contributed by atoms with Crippen molar-refractivity contribution >= 4 is 11.5 Å². The van der Waals surface area contributed by atoms with Crippen molar-refractivity contribution in [2.24, 2.45) is 4.99 Å². The van der Waals surface area contributed by atoms with Gasteiger partial charge in [0.2, 0.25) is 11.7 Å². The molecule has 1 heterocycles. The summed E-state index contributed by atoms with van der Waals surface area (Å²) in [5.74, 6) is -0.0147. The molecule has 3 aromatic rings. The summed E-state index contributed by atoms with van der Waals surface area (Å²) < 4.78 is 30.4. The number of rotatable bonds is 7. The van der Waals surface area contributed by atoms with Crippen molar-refractivity contribution < 1.29 is 13.5 Å². The highest BCUT2D eigenvalue weighted by Gasteiger charge is 2.15. The molecule has 0 bridgehead atoms. The molecular weight excluding hydrogens is 400 g/mol. The van der Waals surface area contributed by atoms with Gasteiger partial charge in [-0.2, -0.15) is 4.80 Å². The minimum atomic E-state index is -2.77. The zero-order valence-electron chi connectivity index (χ0n) is 17.6. The molecule has 0 fully saturated rings. The third kappa shape index (κ3) is 5.28. The van der Waals surface area contributed by atoms with Gasteiger partial charge in [-0.1, -0.05) is 49.1 Å². The second kappa shape index (κ2) is 9.88. The van der Waals surface area contributed by atoms with Gasteiger partial charge in [-0.25, -0.2) is 8.78 Å². The molecule has 0 radical (unpaired) electrons. The molecule has 6 nitrogen and oxygen atoms in total. The first-order chi connectivity index (χ1) is 14.9. The fourth-order valence-corrected chi connectivity index (χ4v) is 3.02. The minimum absolute atomic E-state index is 0.0778. The van der Waals surface area contributed by atoms with Gasteiger partial charge in [-0.15, -0.1) is 10.2 Å². The number of nitrogens with zero attached hydrogens (tertiary/aromatic N) is 5. The molecule has 8 heteroatoms. The molecule has 0 aliphatic carbocycles. The lowest BCUT2D eigenvalue weighted by Crippen LogP contribution is -2.11. The van der Waals surface area contributed by atoms with Crippen LogP contribution in [0.5, 0.6) is 0 Å². The predicted molar refractivity (Wildman–Crippen MR) is 116 cm³/mol. The number of tetrazole rings is 1. The summed E-state index contributed by atoms with van der Waals surface area (Å²) >= 11 is 0. The highest BCUT2D eigenvalue weighted by molar-refractivity contribution is 5.94. The van der Waals surface area contributed by atoms with Crippen molar-refractivity contribution in [3.8, 4) is 0 Å². The molecule has 0 aliphatic rings. The number of ether oxygens (including phenoxy) is 1. The van der Waals surface area contributed by atoms with Crippen LogP contribution in [0.25, 0.3) is 5.57 Å². The fourth-order valence-electron chi connectivity index (χ4n) is 3.02. The van der Waals surface area contributed by atoms with E-state index in [0.717, 1.165) is 22.3 Å². The monoisotopic (exact) mass is 423 g/mol. The first-order valence-electron chi connectivity index (χ1n) is 9.64. The topological polar surface area (TPSA) is 65.2 Å². The Morgan fingerprint density at radius 2 is 1.90 bits per heavy atom. The Bertz CT molecular complexity index is 1120. The molecule has 0 aliphatic heterocycles. The van der Waals surface area contributed by atoms with Gasteiger partial charge in [0, 0.05) is 18.2 Å². The van der Waals surface area contributed by atoms with Crippen LogP contribution in [0.15, 0.2) is 71.9 Å². The molecule has 0 saturated carbocycles. The van der Waals surface area contributed by atoms with Crippen molar-refractivity contribution in [3.63, 3.8) is 0 Å². The Morgan fingerprint density at radius 3 is 2.52 bits per heavy atom. The highest BCUT2D eigenvalue weighted by Crippen LogP contribution is 2.23. The fraction of sp³-hybridized carbons (Fsp3) is 0.217. The lowest BCUT2D eigenvalue weighted by atomic mass is 10.0. The van der Waals surface area contributed by atoms with E-state index in [2.05, 4.69) is 27.0 Å². The van der Waals surface area contributed by atoms with E-state index in [4.69, 9.17) is 4.74 Å². The summed E-state index contributed by atoms with van der Waals surface area (Å²) in [7, 11) is 1.47. The van der Waals surface area contributed by atoms with Crippen LogP contribution < -0.4 is 0 Å². The molecular formula is C23H23F2N5O. The molecule has 0 spiro atoms. The quantitative estimate of drug-likeness (QED) is 0.315. The SMILES string of the molecule is C=C(OC(=NC)c1ccc(Cn2nnc(/C(=C/C)c3ccccc3C)n2)cc1)C(F)F. The van der Waals surface area contributed by atoms with Gasteiger partial charge >= 0.3 is 0 Å². The van der Waals surface area contributed by atoms with Gasteiger partial charge in [-0.05, 0) is 47.9 Å². The van der Waals surface area contributed by atoms with Crippen molar-refractivity contribution in [1.82, 2.24) is 20.2 Å². The van der Waals surface area contributed by atoms with Crippen molar-refractivity contribution in [2.45, 2.75) is 26.8 Å². The van der Waals surface area contributed by atoms with Crippen LogP contribution >= 0.6 is 0 Å². The summed E-state index contributed by atoms with van der Waals surface area (Å²) in [6.45, 7) is 7.60. The van der Waals surface area contributed by atoms with E-state index in [1.807, 2.05) is 56.3 Å². The van der Waals surface area contributed by atoms with Crippen LogP contribution in [-0.4, -0.2) is 39.6 Å². The standard InChI is InChI=1S/C23H23F2N5O/c1-5-19(20-9-7-6-8-15(20)2)22-27-29-30(28-22)14-17-10-12-18(13-11-17)23(26-4)31-16(3)21(24)25/h5-13,21H,3,14H2,1-2,4H3/b19-5+,26-23?. The molecule has 3 rings (SSSR count). The van der Waals surface area contributed by atoms with Crippen LogP contribution in [0.2, 0.25) is 0 Å². The average molecular weight is 423 g/mol. The first kappa shape index (κ1) is 22.0. The molecule has 0 N–H and O–H groups in total. The van der Waals surface area contributed by atoms with Crippen LogP contribution in [0.4, 0.5) is 8.78 Å². The predicted octanol–water partition coefficient (Wildman–Crippen LogP) is 4.65. The van der Waals surface area contributed by atoms with E-state index in [0.29, 0.717) is 17.9 Å². The Morgan fingerprint density at radius 1 is 1.19 bits per heavy atom. The molecule has 0 saturated heterocycles. The third-order valence-corrected chi connectivity index (χ3v) is 4.62. The molecule has 1 aromatic heterocycles. The maximum Gasteiger partial charge on any atom is 0.294 e. The summed E-state index contributed by atoms with van der Waals surface area (Å²) in [5.41, 5.74) is 4.59. The van der Waals surface area contributed by atoms with E-state index in [1.165, 1.54) is 11.8 Å². The van der Waals surface area contributed by atoms with E-state index in [9.17, 15) is 8.78 Å². The molecule has 160 valence electrons. The number of hydrogen-bond donors (Lipinski definition) is 0. The molecule has 0 atom stereocenters. The van der Waals surface area contributed by atoms with Gasteiger partial charge < -0.3 is 4.74 Å². The van der Waals surface area contributed by atoms with E-state index in [-0.39, 0.29) is 5.90 Å². The minimum Gasteiger partial charge on any atom is -0.438 e. The third-order valence-electron chi connectivity index (χ3n) is 4.62. The smallest absolute Gasteiger partial charge is 0.294 e. The van der Waals surface area contributed by atoms with Crippen LogP contribution in [0.3, 0.4) is 0 Å². The maximum atomic E-state index is 12.7. The van der Waals surface area contributed by atoms with Crippen molar-refractivity contribution in [1.29, 1.82) is 0 Å². The van der Waals surface area contributed by atoms with Gasteiger partial charge in [-0.3, -0.25) is 4.99 Å². The van der Waals surface area contributed by atoms with Gasteiger partial charge in [0.1, 0.15) is 0 Å². The number of aromatic nitrogens is 4.